The van der Waals surface area contributed by atoms with Crippen LogP contribution >= 0.6 is 0 Å². The summed E-state index contributed by atoms with van der Waals surface area (Å²) in [6.07, 6.45) is 4.54. The average Bonchev–Trinajstić information content (AvgIpc) is 2.90. The Morgan fingerprint density at radius 1 is 1.16 bits per heavy atom. The zero-order valence-electron chi connectivity index (χ0n) is 11.2. The number of rotatable bonds is 4. The summed E-state index contributed by atoms with van der Waals surface area (Å²) in [6.45, 7) is 3.37. The average molecular weight is 258 g/mol. The Bertz CT molecular complexity index is 534. The van der Waals surface area contributed by atoms with Gasteiger partial charge in [0.05, 0.1) is 26.1 Å². The highest BCUT2D eigenvalue weighted by Gasteiger charge is 2.17. The first-order chi connectivity index (χ1) is 9.33. The first-order valence-electron chi connectivity index (χ1n) is 7.18. The first-order valence-corrected chi connectivity index (χ1v) is 7.18. The normalized spacial score (nSPS) is 16.8. The molecule has 19 heavy (non-hydrogen) atoms. The summed E-state index contributed by atoms with van der Waals surface area (Å²) in [6, 6.07) is 9.64. The van der Waals surface area contributed by atoms with Gasteiger partial charge in [0.1, 0.15) is 5.58 Å². The van der Waals surface area contributed by atoms with Crippen LogP contribution in [0.15, 0.2) is 34.7 Å². The SMILES string of the molecule is O=C(CC[NH+]1CCCCC1)c1cc2ccccc2o1. The lowest BCUT2D eigenvalue weighted by Crippen LogP contribution is -3.12. The van der Waals surface area contributed by atoms with Crippen LogP contribution in [0.25, 0.3) is 11.0 Å². The van der Waals surface area contributed by atoms with Crippen LogP contribution in [-0.4, -0.2) is 25.4 Å². The molecule has 0 amide bonds. The predicted octanol–water partition coefficient (Wildman–Crippen LogP) is 2.07. The molecule has 1 aromatic heterocycles. The summed E-state index contributed by atoms with van der Waals surface area (Å²) >= 11 is 0. The second kappa shape index (κ2) is 5.57. The fraction of sp³-hybridized carbons (Fsp3) is 0.438. The predicted molar refractivity (Wildman–Crippen MR) is 74.6 cm³/mol. The molecule has 1 aliphatic rings. The molecular formula is C16H20NO2+. The van der Waals surface area contributed by atoms with Crippen molar-refractivity contribution in [2.75, 3.05) is 19.6 Å². The van der Waals surface area contributed by atoms with Crippen molar-refractivity contribution in [1.82, 2.24) is 0 Å². The van der Waals surface area contributed by atoms with Crippen LogP contribution in [0.3, 0.4) is 0 Å². The number of fused-ring (bicyclic) bond motifs is 1. The molecule has 2 aromatic rings. The topological polar surface area (TPSA) is 34.7 Å². The van der Waals surface area contributed by atoms with Gasteiger partial charge in [0.2, 0.25) is 5.78 Å². The molecule has 1 aliphatic heterocycles. The van der Waals surface area contributed by atoms with Crippen LogP contribution in [-0.2, 0) is 0 Å². The van der Waals surface area contributed by atoms with E-state index in [1.807, 2.05) is 30.3 Å². The lowest BCUT2D eigenvalue weighted by molar-refractivity contribution is -0.904. The lowest BCUT2D eigenvalue weighted by Gasteiger charge is -2.22. The standard InChI is InChI=1S/C16H19NO2/c18-14(8-11-17-9-4-1-5-10-17)16-12-13-6-2-3-7-15(13)19-16/h2-3,6-7,12H,1,4-5,8-11H2/p+1. The molecule has 1 fully saturated rings. The first kappa shape index (κ1) is 12.4. The molecule has 0 saturated carbocycles. The number of piperidine rings is 1. The number of carbonyl (C=O) groups is 1. The highest BCUT2D eigenvalue weighted by atomic mass is 16.3. The smallest absolute Gasteiger partial charge is 0.203 e. The molecule has 100 valence electrons. The fourth-order valence-corrected chi connectivity index (χ4v) is 2.83. The maximum absolute atomic E-state index is 12.1. The number of ketones is 1. The van der Waals surface area contributed by atoms with Crippen molar-refractivity contribution in [2.24, 2.45) is 0 Å². The third-order valence-corrected chi connectivity index (χ3v) is 3.97. The lowest BCUT2D eigenvalue weighted by atomic mass is 10.1. The summed E-state index contributed by atoms with van der Waals surface area (Å²) in [5, 5.41) is 1.01. The van der Waals surface area contributed by atoms with E-state index in [4.69, 9.17) is 4.42 Å². The maximum atomic E-state index is 12.1. The van der Waals surface area contributed by atoms with E-state index in [-0.39, 0.29) is 5.78 Å². The van der Waals surface area contributed by atoms with Crippen molar-refractivity contribution in [1.29, 1.82) is 0 Å². The van der Waals surface area contributed by atoms with E-state index in [2.05, 4.69) is 0 Å². The largest absolute Gasteiger partial charge is 0.453 e. The van der Waals surface area contributed by atoms with E-state index >= 15 is 0 Å². The zero-order valence-corrected chi connectivity index (χ0v) is 11.2. The Kier molecular flexibility index (Phi) is 3.65. The summed E-state index contributed by atoms with van der Waals surface area (Å²) in [4.78, 5) is 13.7. The number of quaternary nitrogens is 1. The van der Waals surface area contributed by atoms with E-state index in [0.717, 1.165) is 17.5 Å². The number of benzene rings is 1. The number of carbonyl (C=O) groups excluding carboxylic acids is 1. The fourth-order valence-electron chi connectivity index (χ4n) is 2.83. The Morgan fingerprint density at radius 3 is 2.74 bits per heavy atom. The Morgan fingerprint density at radius 2 is 1.95 bits per heavy atom. The van der Waals surface area contributed by atoms with Crippen molar-refractivity contribution in [3.05, 3.63) is 36.1 Å². The van der Waals surface area contributed by atoms with E-state index in [0.29, 0.717) is 12.2 Å². The second-order valence-corrected chi connectivity index (χ2v) is 5.38. The maximum Gasteiger partial charge on any atom is 0.203 e. The van der Waals surface area contributed by atoms with Crippen LogP contribution in [0.2, 0.25) is 0 Å². The molecule has 0 atom stereocenters. The molecule has 2 heterocycles. The highest BCUT2D eigenvalue weighted by Crippen LogP contribution is 2.19. The number of hydrogen-bond acceptors (Lipinski definition) is 2. The van der Waals surface area contributed by atoms with Gasteiger partial charge in [0, 0.05) is 5.39 Å². The van der Waals surface area contributed by atoms with Gasteiger partial charge in [0.15, 0.2) is 5.76 Å². The number of furan rings is 1. The van der Waals surface area contributed by atoms with E-state index in [1.54, 1.807) is 4.90 Å². The van der Waals surface area contributed by atoms with E-state index in [9.17, 15) is 4.79 Å². The Labute approximate surface area is 113 Å². The summed E-state index contributed by atoms with van der Waals surface area (Å²) < 4.78 is 5.61. The van der Waals surface area contributed by atoms with Crippen LogP contribution in [0.4, 0.5) is 0 Å². The van der Waals surface area contributed by atoms with Crippen LogP contribution < -0.4 is 4.90 Å². The molecule has 0 unspecified atom stereocenters. The van der Waals surface area contributed by atoms with Gasteiger partial charge in [-0.2, -0.15) is 0 Å². The minimum absolute atomic E-state index is 0.134. The van der Waals surface area contributed by atoms with Crippen molar-refractivity contribution in [3.8, 4) is 0 Å². The molecule has 3 heteroatoms. The monoisotopic (exact) mass is 258 g/mol. The van der Waals surface area contributed by atoms with Crippen molar-refractivity contribution in [3.63, 3.8) is 0 Å². The summed E-state index contributed by atoms with van der Waals surface area (Å²) in [7, 11) is 0. The molecular weight excluding hydrogens is 238 g/mol. The number of hydrogen-bond donors (Lipinski definition) is 1. The molecule has 1 saturated heterocycles. The summed E-state index contributed by atoms with van der Waals surface area (Å²) in [5.74, 6) is 0.645. The van der Waals surface area contributed by atoms with Gasteiger partial charge in [-0.3, -0.25) is 4.79 Å². The molecule has 0 spiro atoms. The van der Waals surface area contributed by atoms with Gasteiger partial charge in [-0.15, -0.1) is 0 Å². The number of para-hydroxylation sites is 1. The molecule has 1 aromatic carbocycles. The van der Waals surface area contributed by atoms with Crippen LogP contribution in [0.1, 0.15) is 36.2 Å². The highest BCUT2D eigenvalue weighted by molar-refractivity contribution is 5.97. The van der Waals surface area contributed by atoms with Crippen LogP contribution in [0, 0.1) is 0 Å². The van der Waals surface area contributed by atoms with Gasteiger partial charge in [-0.05, 0) is 31.4 Å². The van der Waals surface area contributed by atoms with E-state index in [1.165, 1.54) is 32.4 Å². The van der Waals surface area contributed by atoms with Crippen molar-refractivity contribution < 1.29 is 14.1 Å². The third kappa shape index (κ3) is 2.87. The molecule has 1 N–H and O–H groups in total. The summed E-state index contributed by atoms with van der Waals surface area (Å²) in [5.41, 5.74) is 0.802. The number of nitrogens with one attached hydrogen (secondary N) is 1. The van der Waals surface area contributed by atoms with Gasteiger partial charge in [-0.25, -0.2) is 0 Å². The molecule has 0 aliphatic carbocycles. The Balaban J connectivity index is 1.63. The number of likely N-dealkylation sites (tertiary alicyclic amines) is 1. The minimum Gasteiger partial charge on any atom is -0.453 e. The third-order valence-electron chi connectivity index (χ3n) is 3.97. The van der Waals surface area contributed by atoms with Gasteiger partial charge >= 0.3 is 0 Å². The van der Waals surface area contributed by atoms with E-state index < -0.39 is 0 Å². The quantitative estimate of drug-likeness (QED) is 0.852. The molecule has 3 nitrogen and oxygen atoms in total. The number of Topliss-reactive ketones (excluding diaryl/α,β-unsaturated/α-hetero) is 1. The second-order valence-electron chi connectivity index (χ2n) is 5.38. The van der Waals surface area contributed by atoms with Crippen molar-refractivity contribution in [2.45, 2.75) is 25.7 Å². The molecule has 0 bridgehead atoms. The van der Waals surface area contributed by atoms with Gasteiger partial charge < -0.3 is 9.32 Å². The van der Waals surface area contributed by atoms with Gasteiger partial charge in [0.25, 0.3) is 0 Å². The molecule has 0 radical (unpaired) electrons. The van der Waals surface area contributed by atoms with Crippen LogP contribution in [0.5, 0.6) is 0 Å². The van der Waals surface area contributed by atoms with Gasteiger partial charge in [-0.1, -0.05) is 18.2 Å². The Hall–Kier alpha value is -1.61. The molecule has 3 rings (SSSR count). The van der Waals surface area contributed by atoms with Crippen molar-refractivity contribution >= 4 is 16.8 Å². The minimum atomic E-state index is 0.134. The zero-order chi connectivity index (χ0) is 13.1.